The van der Waals surface area contributed by atoms with E-state index in [1.54, 1.807) is 24.9 Å². The molecule has 3 heterocycles. The van der Waals surface area contributed by atoms with Crippen LogP contribution in [0.3, 0.4) is 0 Å². The Balaban J connectivity index is 1.78. The molecule has 4 rings (SSSR count). The number of thioether (sulfide) groups is 1. The number of hydrogen-bond acceptors (Lipinski definition) is 9. The Bertz CT molecular complexity index is 1480. The topological polar surface area (TPSA) is 137 Å². The summed E-state index contributed by atoms with van der Waals surface area (Å²) in [4.78, 5) is 15.3. The highest BCUT2D eigenvalue weighted by Crippen LogP contribution is 2.44. The lowest BCUT2D eigenvalue weighted by molar-refractivity contribution is -0.141. The van der Waals surface area contributed by atoms with E-state index in [2.05, 4.69) is 9.67 Å². The van der Waals surface area contributed by atoms with Crippen LogP contribution in [0.4, 0.5) is 0 Å². The van der Waals surface area contributed by atoms with Crippen LogP contribution in [-0.2, 0) is 46.5 Å². The third kappa shape index (κ3) is 6.65. The molecule has 4 N–H and O–H groups in total. The van der Waals surface area contributed by atoms with E-state index >= 15 is 0 Å². The van der Waals surface area contributed by atoms with Gasteiger partial charge >= 0.3 is 5.97 Å². The molecule has 0 saturated carbocycles. The van der Waals surface area contributed by atoms with Gasteiger partial charge in [0.1, 0.15) is 0 Å². The molecule has 1 unspecified atom stereocenters. The first-order valence-corrected chi connectivity index (χ1v) is 15.1. The van der Waals surface area contributed by atoms with Crippen molar-refractivity contribution in [1.82, 2.24) is 14.3 Å². The number of nitrogens with zero attached hydrogens (tertiary/aromatic N) is 4. The Labute approximate surface area is 249 Å². The number of aryl methyl sites for hydroxylation is 3. The number of esters is 1. The number of methoxy groups -OCH3 is 1. The maximum atomic E-state index is 11.3. The Morgan fingerprint density at radius 2 is 2.15 bits per heavy atom. The standard InChI is InChI=1S/C29H38ClN5O5S/c1-17(37)40-12-6-7-20-21-9-10-22(30)25(27(21)34(3)28(20)29(38)39-4)26-23(33-35-11-5-8-24(26)35)16-41-15-18(31)13-19(14-36)32-2/h9-10,13,29,36,38H,5-8,11-12,14-16,31H2,1-4H3. The maximum absolute atomic E-state index is 11.3. The van der Waals surface area contributed by atoms with Crippen LogP contribution in [0.25, 0.3) is 22.0 Å². The fraction of sp³-hybridized carbons (Fsp3) is 0.483. The van der Waals surface area contributed by atoms with Crippen molar-refractivity contribution in [1.29, 1.82) is 0 Å². The molecular weight excluding hydrogens is 566 g/mol. The van der Waals surface area contributed by atoms with Gasteiger partial charge in [-0.15, -0.1) is 11.8 Å². The van der Waals surface area contributed by atoms with Gasteiger partial charge < -0.3 is 30.0 Å². The van der Waals surface area contributed by atoms with Gasteiger partial charge in [-0.1, -0.05) is 17.7 Å². The molecule has 41 heavy (non-hydrogen) atoms. The first kappa shape index (κ1) is 31.1. The molecule has 0 fully saturated rings. The van der Waals surface area contributed by atoms with E-state index in [1.165, 1.54) is 14.0 Å². The van der Waals surface area contributed by atoms with Crippen LogP contribution < -0.4 is 5.73 Å². The number of aromatic nitrogens is 3. The summed E-state index contributed by atoms with van der Waals surface area (Å²) in [5.74, 6) is 0.847. The molecule has 12 heteroatoms. The van der Waals surface area contributed by atoms with Crippen molar-refractivity contribution in [2.45, 2.75) is 51.2 Å². The number of halogens is 1. The summed E-state index contributed by atoms with van der Waals surface area (Å²) in [5.41, 5.74) is 13.8. The molecule has 0 bridgehead atoms. The summed E-state index contributed by atoms with van der Waals surface area (Å²) in [6.45, 7) is 2.36. The average Bonchev–Trinajstić information content (AvgIpc) is 3.61. The van der Waals surface area contributed by atoms with Crippen molar-refractivity contribution in [3.8, 4) is 11.1 Å². The number of aliphatic hydroxyl groups is 2. The lowest BCUT2D eigenvalue weighted by atomic mass is 9.97. The van der Waals surface area contributed by atoms with E-state index in [0.29, 0.717) is 46.5 Å². The highest BCUT2D eigenvalue weighted by atomic mass is 35.5. The fourth-order valence-corrected chi connectivity index (χ4v) is 6.55. The zero-order chi connectivity index (χ0) is 29.7. The number of aliphatic hydroxyl groups excluding tert-OH is 2. The molecule has 1 aromatic carbocycles. The van der Waals surface area contributed by atoms with Gasteiger partial charge in [0, 0.05) is 74.1 Å². The van der Waals surface area contributed by atoms with E-state index in [-0.39, 0.29) is 19.2 Å². The smallest absolute Gasteiger partial charge is 0.302 e. The van der Waals surface area contributed by atoms with Gasteiger partial charge in [-0.2, -0.15) is 5.10 Å². The average molecular weight is 604 g/mol. The first-order chi connectivity index (χ1) is 19.7. The minimum atomic E-state index is -1.14. The van der Waals surface area contributed by atoms with Gasteiger partial charge in [0.15, 0.2) is 6.29 Å². The van der Waals surface area contributed by atoms with Gasteiger partial charge in [-0.05, 0) is 43.4 Å². The van der Waals surface area contributed by atoms with E-state index in [1.807, 2.05) is 23.7 Å². The Morgan fingerprint density at radius 3 is 2.83 bits per heavy atom. The predicted molar refractivity (Wildman–Crippen MR) is 163 cm³/mol. The van der Waals surface area contributed by atoms with E-state index in [0.717, 1.165) is 58.4 Å². The minimum absolute atomic E-state index is 0.162. The zero-order valence-corrected chi connectivity index (χ0v) is 25.5. The number of carbonyl (C=O) groups is 1. The number of benzene rings is 1. The molecular formula is C29H38ClN5O5S. The van der Waals surface area contributed by atoms with Crippen LogP contribution in [0.5, 0.6) is 0 Å². The second kappa shape index (κ2) is 13.9. The molecule has 0 radical (unpaired) electrons. The lowest BCUT2D eigenvalue weighted by Crippen LogP contribution is -2.09. The number of aliphatic imine (C=N–C) groups is 1. The molecule has 222 valence electrons. The van der Waals surface area contributed by atoms with Gasteiger partial charge in [-0.3, -0.25) is 14.5 Å². The lowest BCUT2D eigenvalue weighted by Gasteiger charge is -2.14. The van der Waals surface area contributed by atoms with Gasteiger partial charge in [0.05, 0.1) is 40.9 Å². The van der Waals surface area contributed by atoms with Crippen molar-refractivity contribution in [2.75, 3.05) is 33.1 Å². The monoisotopic (exact) mass is 603 g/mol. The van der Waals surface area contributed by atoms with Crippen LogP contribution in [0.15, 0.2) is 28.9 Å². The van der Waals surface area contributed by atoms with E-state index in [4.69, 9.17) is 31.9 Å². The molecule has 10 nitrogen and oxygen atoms in total. The summed E-state index contributed by atoms with van der Waals surface area (Å²) in [6.07, 6.45) is 3.64. The number of carbonyl (C=O) groups excluding carboxylic acids is 1. The van der Waals surface area contributed by atoms with Crippen LogP contribution in [0, 0.1) is 0 Å². The highest BCUT2D eigenvalue weighted by molar-refractivity contribution is 7.98. The van der Waals surface area contributed by atoms with Crippen LogP contribution in [0.2, 0.25) is 5.02 Å². The molecule has 3 aromatic rings. The molecule has 1 aliphatic heterocycles. The maximum Gasteiger partial charge on any atom is 0.302 e. The summed E-state index contributed by atoms with van der Waals surface area (Å²) < 4.78 is 14.6. The second-order valence-electron chi connectivity index (χ2n) is 9.95. The summed E-state index contributed by atoms with van der Waals surface area (Å²) >= 11 is 8.61. The SMILES string of the molecule is CN=C(C=C(N)CSCc1nn2c(c1-c1c(Cl)ccc3c(CCCOC(C)=O)c(C(O)OC)n(C)c13)CCC2)CO. The molecule has 0 amide bonds. The second-order valence-corrected chi connectivity index (χ2v) is 11.3. The predicted octanol–water partition coefficient (Wildman–Crippen LogP) is 3.91. The van der Waals surface area contributed by atoms with Gasteiger partial charge in [-0.25, -0.2) is 0 Å². The fourth-order valence-electron chi connectivity index (χ4n) is 5.49. The Morgan fingerprint density at radius 1 is 1.37 bits per heavy atom. The third-order valence-electron chi connectivity index (χ3n) is 7.26. The molecule has 2 aromatic heterocycles. The van der Waals surface area contributed by atoms with E-state index < -0.39 is 6.29 Å². The van der Waals surface area contributed by atoms with Gasteiger partial charge in [0.25, 0.3) is 0 Å². The number of rotatable bonds is 13. The van der Waals surface area contributed by atoms with Crippen LogP contribution >= 0.6 is 23.4 Å². The number of nitrogens with two attached hydrogens (primary N) is 1. The third-order valence-corrected chi connectivity index (χ3v) is 8.59. The molecule has 1 atom stereocenters. The molecule has 0 aliphatic carbocycles. The Kier molecular flexibility index (Phi) is 10.5. The van der Waals surface area contributed by atoms with Crippen LogP contribution in [0.1, 0.15) is 48.7 Å². The largest absolute Gasteiger partial charge is 0.466 e. The Hall–Kier alpha value is -2.83. The van der Waals surface area contributed by atoms with Crippen molar-refractivity contribution in [2.24, 2.45) is 17.8 Å². The number of hydrogen-bond donors (Lipinski definition) is 3. The molecule has 0 spiro atoms. The van der Waals surface area contributed by atoms with Crippen molar-refractivity contribution in [3.63, 3.8) is 0 Å². The summed E-state index contributed by atoms with van der Waals surface area (Å²) in [7, 11) is 5.00. The normalized spacial score (nSPS) is 14.6. The first-order valence-electron chi connectivity index (χ1n) is 13.5. The number of ether oxygens (including phenoxy) is 2. The highest BCUT2D eigenvalue weighted by Gasteiger charge is 2.29. The quantitative estimate of drug-likeness (QED) is 0.116. The number of fused-ring (bicyclic) bond motifs is 2. The van der Waals surface area contributed by atoms with Crippen molar-refractivity contribution < 1.29 is 24.5 Å². The minimum Gasteiger partial charge on any atom is -0.466 e. The zero-order valence-electron chi connectivity index (χ0n) is 23.9. The molecule has 1 aliphatic rings. The van der Waals surface area contributed by atoms with Crippen molar-refractivity contribution in [3.05, 3.63) is 51.6 Å². The van der Waals surface area contributed by atoms with E-state index in [9.17, 15) is 15.0 Å². The van der Waals surface area contributed by atoms with Crippen LogP contribution in [-0.4, -0.2) is 69.4 Å². The van der Waals surface area contributed by atoms with Crippen molar-refractivity contribution >= 4 is 45.9 Å². The summed E-state index contributed by atoms with van der Waals surface area (Å²) in [6, 6.07) is 3.88. The summed E-state index contributed by atoms with van der Waals surface area (Å²) in [5, 5.41) is 26.8. The molecule has 0 saturated heterocycles. The van der Waals surface area contributed by atoms with Gasteiger partial charge in [0.2, 0.25) is 0 Å².